The van der Waals surface area contributed by atoms with Crippen LogP contribution in [0.25, 0.3) is 0 Å². The first-order chi connectivity index (χ1) is 12.0. The van der Waals surface area contributed by atoms with Crippen molar-refractivity contribution in [3.8, 4) is 0 Å². The Labute approximate surface area is 146 Å². The highest BCUT2D eigenvalue weighted by Gasteiger charge is 2.22. The summed E-state index contributed by atoms with van der Waals surface area (Å²) in [5.41, 5.74) is 6.49. The minimum Gasteiger partial charge on any atom is -0.466 e. The number of piperazine rings is 1. The summed E-state index contributed by atoms with van der Waals surface area (Å²) in [6, 6.07) is 11.5. The fourth-order valence-corrected chi connectivity index (χ4v) is 2.92. The van der Waals surface area contributed by atoms with E-state index in [2.05, 4.69) is 27.9 Å². The molecule has 2 heterocycles. The topological polar surface area (TPSA) is 77.8 Å². The van der Waals surface area contributed by atoms with Gasteiger partial charge in [-0.05, 0) is 32.0 Å². The predicted molar refractivity (Wildman–Crippen MR) is 94.4 cm³/mol. The lowest BCUT2D eigenvalue weighted by Gasteiger charge is -2.36. The van der Waals surface area contributed by atoms with Gasteiger partial charge in [0.05, 0.1) is 5.56 Å². The molecule has 1 aromatic heterocycles. The Kier molecular flexibility index (Phi) is 4.92. The van der Waals surface area contributed by atoms with Gasteiger partial charge in [0.2, 0.25) is 0 Å². The van der Waals surface area contributed by atoms with Crippen LogP contribution in [-0.2, 0) is 0 Å². The fraction of sp³-hybridized carbons (Fsp3) is 0.333. The molecule has 3 amide bonds. The molecule has 1 aliphatic heterocycles. The monoisotopic (exact) mass is 342 g/mol. The van der Waals surface area contributed by atoms with E-state index in [1.807, 2.05) is 18.2 Å². The Morgan fingerprint density at radius 1 is 1.00 bits per heavy atom. The van der Waals surface area contributed by atoms with Gasteiger partial charge in [0.25, 0.3) is 5.91 Å². The van der Waals surface area contributed by atoms with E-state index in [1.165, 1.54) is 0 Å². The first kappa shape index (κ1) is 16.9. The molecule has 1 aromatic carbocycles. The first-order valence-electron chi connectivity index (χ1n) is 8.27. The van der Waals surface area contributed by atoms with Crippen molar-refractivity contribution in [2.45, 2.75) is 13.8 Å². The van der Waals surface area contributed by atoms with Crippen molar-refractivity contribution in [3.63, 3.8) is 0 Å². The molecule has 0 atom stereocenters. The number of para-hydroxylation sites is 1. The number of rotatable bonds is 2. The number of amides is 3. The van der Waals surface area contributed by atoms with Gasteiger partial charge in [-0.1, -0.05) is 18.2 Å². The SMILES string of the molecule is Cc1cc(C(=O)NNC(=O)N2CCN(c3ccccc3)CC2)c(C)o1. The van der Waals surface area contributed by atoms with E-state index >= 15 is 0 Å². The van der Waals surface area contributed by atoms with Crippen molar-refractivity contribution in [2.75, 3.05) is 31.1 Å². The maximum Gasteiger partial charge on any atom is 0.336 e. The van der Waals surface area contributed by atoms with Crippen molar-refractivity contribution in [2.24, 2.45) is 0 Å². The molecule has 0 aliphatic carbocycles. The van der Waals surface area contributed by atoms with Gasteiger partial charge in [-0.3, -0.25) is 10.2 Å². The molecule has 25 heavy (non-hydrogen) atoms. The van der Waals surface area contributed by atoms with Crippen molar-refractivity contribution in [1.82, 2.24) is 15.8 Å². The quantitative estimate of drug-likeness (QED) is 0.819. The maximum absolute atomic E-state index is 12.2. The molecule has 2 N–H and O–H groups in total. The summed E-state index contributed by atoms with van der Waals surface area (Å²) in [5, 5.41) is 0. The van der Waals surface area contributed by atoms with Crippen LogP contribution in [0.4, 0.5) is 10.5 Å². The minimum atomic E-state index is -0.384. The van der Waals surface area contributed by atoms with Crippen LogP contribution in [0.15, 0.2) is 40.8 Å². The van der Waals surface area contributed by atoms with Gasteiger partial charge in [-0.2, -0.15) is 0 Å². The van der Waals surface area contributed by atoms with Crippen LogP contribution in [0.2, 0.25) is 0 Å². The van der Waals surface area contributed by atoms with Crippen molar-refractivity contribution in [1.29, 1.82) is 0 Å². The lowest BCUT2D eigenvalue weighted by atomic mass is 10.2. The number of hydrazine groups is 1. The summed E-state index contributed by atoms with van der Waals surface area (Å²) in [6.07, 6.45) is 0. The van der Waals surface area contributed by atoms with Crippen LogP contribution >= 0.6 is 0 Å². The van der Waals surface area contributed by atoms with Crippen molar-refractivity contribution in [3.05, 3.63) is 53.5 Å². The molecule has 0 radical (unpaired) electrons. The molecule has 0 saturated carbocycles. The number of nitrogens with one attached hydrogen (secondary N) is 2. The number of furan rings is 1. The Morgan fingerprint density at radius 3 is 2.28 bits per heavy atom. The molecule has 1 aliphatic rings. The molecule has 7 heteroatoms. The van der Waals surface area contributed by atoms with Gasteiger partial charge in [0.15, 0.2) is 0 Å². The number of nitrogens with zero attached hydrogens (tertiary/aromatic N) is 2. The van der Waals surface area contributed by atoms with E-state index in [-0.39, 0.29) is 11.9 Å². The number of benzene rings is 1. The lowest BCUT2D eigenvalue weighted by Crippen LogP contribution is -2.55. The van der Waals surface area contributed by atoms with Crippen molar-refractivity contribution >= 4 is 17.6 Å². The number of carbonyl (C=O) groups excluding carboxylic acids is 2. The number of urea groups is 1. The van der Waals surface area contributed by atoms with Crippen LogP contribution in [-0.4, -0.2) is 43.0 Å². The fourth-order valence-electron chi connectivity index (χ4n) is 2.92. The molecule has 2 aromatic rings. The average Bonchev–Trinajstić information content (AvgIpc) is 2.98. The summed E-state index contributed by atoms with van der Waals surface area (Å²) >= 11 is 0. The third-order valence-corrected chi connectivity index (χ3v) is 4.26. The molecule has 1 saturated heterocycles. The second-order valence-electron chi connectivity index (χ2n) is 6.02. The molecular weight excluding hydrogens is 320 g/mol. The summed E-state index contributed by atoms with van der Waals surface area (Å²) < 4.78 is 5.32. The lowest BCUT2D eigenvalue weighted by molar-refractivity contribution is 0.0928. The molecule has 0 spiro atoms. The molecule has 1 fully saturated rings. The Morgan fingerprint density at radius 2 is 1.68 bits per heavy atom. The third-order valence-electron chi connectivity index (χ3n) is 4.26. The number of carbonyl (C=O) groups is 2. The Balaban J connectivity index is 1.48. The summed E-state index contributed by atoms with van der Waals surface area (Å²) in [6.45, 7) is 6.19. The van der Waals surface area contributed by atoms with E-state index in [0.29, 0.717) is 30.2 Å². The standard InChI is InChI=1S/C18H22N4O3/c1-13-12-16(14(2)25-13)17(23)19-20-18(24)22-10-8-21(9-11-22)15-6-4-3-5-7-15/h3-7,12H,8-11H2,1-2H3,(H,19,23)(H,20,24). The summed E-state index contributed by atoms with van der Waals surface area (Å²) in [4.78, 5) is 28.2. The van der Waals surface area contributed by atoms with Gasteiger partial charge in [0.1, 0.15) is 11.5 Å². The van der Waals surface area contributed by atoms with Gasteiger partial charge in [-0.15, -0.1) is 0 Å². The highest BCUT2D eigenvalue weighted by Crippen LogP contribution is 2.15. The second kappa shape index (κ2) is 7.29. The van der Waals surface area contributed by atoms with Crippen LogP contribution in [0.1, 0.15) is 21.9 Å². The zero-order chi connectivity index (χ0) is 17.8. The largest absolute Gasteiger partial charge is 0.466 e. The summed E-state index contributed by atoms with van der Waals surface area (Å²) in [7, 11) is 0. The van der Waals surface area contributed by atoms with Crippen molar-refractivity contribution < 1.29 is 14.0 Å². The normalized spacial score (nSPS) is 14.3. The van der Waals surface area contributed by atoms with Crippen LogP contribution < -0.4 is 15.8 Å². The van der Waals surface area contributed by atoms with Crippen LogP contribution in [0.5, 0.6) is 0 Å². The first-order valence-corrected chi connectivity index (χ1v) is 8.27. The molecule has 132 valence electrons. The van der Waals surface area contributed by atoms with Crippen LogP contribution in [0.3, 0.4) is 0 Å². The van der Waals surface area contributed by atoms with Gasteiger partial charge >= 0.3 is 6.03 Å². The van der Waals surface area contributed by atoms with Gasteiger partial charge < -0.3 is 14.2 Å². The highest BCUT2D eigenvalue weighted by atomic mass is 16.3. The molecule has 0 bridgehead atoms. The molecule has 0 unspecified atom stereocenters. The number of aryl methyl sites for hydroxylation is 2. The highest BCUT2D eigenvalue weighted by molar-refractivity contribution is 5.96. The Bertz CT molecular complexity index is 749. The maximum atomic E-state index is 12.2. The number of anilines is 1. The predicted octanol–water partition coefficient (Wildman–Crippen LogP) is 2.07. The Hall–Kier alpha value is -2.96. The zero-order valence-electron chi connectivity index (χ0n) is 14.4. The van der Waals surface area contributed by atoms with E-state index < -0.39 is 0 Å². The molecular formula is C18H22N4O3. The molecule has 3 rings (SSSR count). The zero-order valence-corrected chi connectivity index (χ0v) is 14.4. The van der Waals surface area contributed by atoms with Crippen LogP contribution in [0, 0.1) is 13.8 Å². The minimum absolute atomic E-state index is 0.307. The van der Waals surface area contributed by atoms with Gasteiger partial charge in [-0.25, -0.2) is 10.2 Å². The number of hydrogen-bond acceptors (Lipinski definition) is 4. The van der Waals surface area contributed by atoms with E-state index in [9.17, 15) is 9.59 Å². The third kappa shape index (κ3) is 3.93. The molecule has 7 nitrogen and oxygen atoms in total. The second-order valence-corrected chi connectivity index (χ2v) is 6.02. The van der Waals surface area contributed by atoms with E-state index in [0.717, 1.165) is 18.8 Å². The van der Waals surface area contributed by atoms with E-state index in [1.54, 1.807) is 24.8 Å². The van der Waals surface area contributed by atoms with E-state index in [4.69, 9.17) is 4.42 Å². The smallest absolute Gasteiger partial charge is 0.336 e. The number of hydrogen-bond donors (Lipinski definition) is 2. The average molecular weight is 342 g/mol. The summed E-state index contributed by atoms with van der Waals surface area (Å²) in [5.74, 6) is 0.803. The van der Waals surface area contributed by atoms with Gasteiger partial charge in [0, 0.05) is 31.9 Å².